The number of methoxy groups -OCH3 is 1. The van der Waals surface area contributed by atoms with Crippen LogP contribution < -0.4 is 5.32 Å². The van der Waals surface area contributed by atoms with Crippen LogP contribution >= 0.6 is 0 Å². The van der Waals surface area contributed by atoms with Gasteiger partial charge in [0.1, 0.15) is 0 Å². The van der Waals surface area contributed by atoms with Gasteiger partial charge in [0.05, 0.1) is 19.8 Å². The van der Waals surface area contributed by atoms with Crippen LogP contribution in [0.5, 0.6) is 0 Å². The zero-order chi connectivity index (χ0) is 17.5. The molecule has 6 heteroatoms. The third-order valence-electron chi connectivity index (χ3n) is 4.93. The monoisotopic (exact) mass is 347 g/mol. The van der Waals surface area contributed by atoms with Crippen LogP contribution in [0.4, 0.5) is 0 Å². The fourth-order valence-electron chi connectivity index (χ4n) is 3.39. The molecule has 0 saturated carbocycles. The van der Waals surface area contributed by atoms with Crippen molar-refractivity contribution in [2.75, 3.05) is 53.0 Å². The molecule has 1 N–H and O–H groups in total. The third-order valence-corrected chi connectivity index (χ3v) is 4.93. The minimum atomic E-state index is 0.246. The lowest BCUT2D eigenvalue weighted by molar-refractivity contribution is -0.128. The number of ether oxygens (including phenoxy) is 2. The lowest BCUT2D eigenvalue weighted by atomic mass is 10.1. The van der Waals surface area contributed by atoms with E-state index < -0.39 is 0 Å². The number of carbonyl (C=O) groups excluding carboxylic acids is 1. The number of amides is 1. The summed E-state index contributed by atoms with van der Waals surface area (Å²) in [7, 11) is 1.71. The first-order valence-electron chi connectivity index (χ1n) is 9.12. The molecule has 0 radical (unpaired) electrons. The average molecular weight is 347 g/mol. The molecule has 2 fully saturated rings. The summed E-state index contributed by atoms with van der Waals surface area (Å²) in [4.78, 5) is 16.6. The zero-order valence-corrected chi connectivity index (χ0v) is 15.1. The molecule has 0 spiro atoms. The molecule has 25 heavy (non-hydrogen) atoms. The number of nitrogens with zero attached hydrogens (tertiary/aromatic N) is 2. The molecule has 1 atom stereocenters. The molecular formula is C19H29N3O3. The van der Waals surface area contributed by atoms with Crippen molar-refractivity contribution in [3.63, 3.8) is 0 Å². The molecule has 1 aromatic carbocycles. The molecule has 1 aromatic rings. The number of rotatable bonds is 8. The highest BCUT2D eigenvalue weighted by Crippen LogP contribution is 2.13. The second kappa shape index (κ2) is 9.29. The molecule has 1 unspecified atom stereocenters. The van der Waals surface area contributed by atoms with E-state index in [2.05, 4.69) is 34.5 Å². The van der Waals surface area contributed by atoms with Crippen molar-refractivity contribution in [2.24, 2.45) is 0 Å². The van der Waals surface area contributed by atoms with E-state index in [-0.39, 0.29) is 11.9 Å². The van der Waals surface area contributed by atoms with Crippen LogP contribution in [0, 0.1) is 0 Å². The molecule has 2 saturated heterocycles. The van der Waals surface area contributed by atoms with Gasteiger partial charge in [-0.3, -0.25) is 9.69 Å². The van der Waals surface area contributed by atoms with E-state index in [1.807, 2.05) is 4.90 Å². The highest BCUT2D eigenvalue weighted by molar-refractivity contribution is 5.79. The highest BCUT2D eigenvalue weighted by Gasteiger charge is 2.29. The van der Waals surface area contributed by atoms with Gasteiger partial charge in [-0.2, -0.15) is 0 Å². The largest absolute Gasteiger partial charge is 0.380 e. The smallest absolute Gasteiger partial charge is 0.224 e. The standard InChI is InChI=1S/C19H29N3O3/c1-24-15-17-4-2-16(3-5-17)13-20-18-12-19(23)22(14-18)7-6-21-8-10-25-11-9-21/h2-5,18,20H,6-15H2,1H3. The van der Waals surface area contributed by atoms with E-state index in [0.717, 1.165) is 52.5 Å². The van der Waals surface area contributed by atoms with Crippen molar-refractivity contribution in [1.82, 2.24) is 15.1 Å². The number of hydrogen-bond donors (Lipinski definition) is 1. The maximum absolute atomic E-state index is 12.2. The Morgan fingerprint density at radius 1 is 1.16 bits per heavy atom. The summed E-state index contributed by atoms with van der Waals surface area (Å²) in [5.41, 5.74) is 2.41. The maximum atomic E-state index is 12.2. The Hall–Kier alpha value is -1.47. The van der Waals surface area contributed by atoms with Crippen molar-refractivity contribution in [3.05, 3.63) is 35.4 Å². The molecule has 3 rings (SSSR count). The molecule has 2 aliphatic heterocycles. The third kappa shape index (κ3) is 5.51. The molecule has 6 nitrogen and oxygen atoms in total. The number of carbonyl (C=O) groups is 1. The average Bonchev–Trinajstić information content (AvgIpc) is 3.00. The fraction of sp³-hybridized carbons (Fsp3) is 0.632. The second-order valence-electron chi connectivity index (χ2n) is 6.83. The predicted molar refractivity (Wildman–Crippen MR) is 96.2 cm³/mol. The first kappa shape index (κ1) is 18.3. The normalized spacial score (nSPS) is 21.9. The van der Waals surface area contributed by atoms with Crippen LogP contribution in [0.15, 0.2) is 24.3 Å². The van der Waals surface area contributed by atoms with E-state index >= 15 is 0 Å². The van der Waals surface area contributed by atoms with Gasteiger partial charge < -0.3 is 19.7 Å². The first-order valence-corrected chi connectivity index (χ1v) is 9.12. The van der Waals surface area contributed by atoms with E-state index in [9.17, 15) is 4.79 Å². The topological polar surface area (TPSA) is 54.0 Å². The number of morpholine rings is 1. The van der Waals surface area contributed by atoms with Gasteiger partial charge in [0.25, 0.3) is 0 Å². The minimum Gasteiger partial charge on any atom is -0.380 e. The highest BCUT2D eigenvalue weighted by atomic mass is 16.5. The Bertz CT molecular complexity index is 543. The second-order valence-corrected chi connectivity index (χ2v) is 6.83. The molecule has 138 valence electrons. The minimum absolute atomic E-state index is 0.246. The van der Waals surface area contributed by atoms with Gasteiger partial charge in [-0.25, -0.2) is 0 Å². The Labute approximate surface area is 150 Å². The van der Waals surface area contributed by atoms with Gasteiger partial charge in [-0.1, -0.05) is 24.3 Å². The van der Waals surface area contributed by atoms with Gasteiger partial charge in [0.2, 0.25) is 5.91 Å². The van der Waals surface area contributed by atoms with Crippen molar-refractivity contribution >= 4 is 5.91 Å². The van der Waals surface area contributed by atoms with Crippen LogP contribution in [0.25, 0.3) is 0 Å². The summed E-state index contributed by atoms with van der Waals surface area (Å²) in [5, 5.41) is 3.52. The molecule has 2 heterocycles. The molecule has 0 aliphatic carbocycles. The molecule has 0 aromatic heterocycles. The van der Waals surface area contributed by atoms with Crippen LogP contribution in [0.1, 0.15) is 17.5 Å². The van der Waals surface area contributed by atoms with Crippen LogP contribution in [-0.2, 0) is 27.4 Å². The summed E-state index contributed by atoms with van der Waals surface area (Å²) in [6.45, 7) is 7.58. The van der Waals surface area contributed by atoms with Crippen molar-refractivity contribution < 1.29 is 14.3 Å². The van der Waals surface area contributed by atoms with Gasteiger partial charge in [0.15, 0.2) is 0 Å². The number of nitrogens with one attached hydrogen (secondary N) is 1. The predicted octanol–water partition coefficient (Wildman–Crippen LogP) is 0.856. The summed E-state index contributed by atoms with van der Waals surface area (Å²) in [6.07, 6.45) is 0.602. The Morgan fingerprint density at radius 3 is 2.60 bits per heavy atom. The molecular weight excluding hydrogens is 318 g/mol. The summed E-state index contributed by atoms with van der Waals surface area (Å²) in [5.74, 6) is 0.265. The van der Waals surface area contributed by atoms with Crippen LogP contribution in [0.3, 0.4) is 0 Å². The van der Waals surface area contributed by atoms with E-state index in [0.29, 0.717) is 13.0 Å². The van der Waals surface area contributed by atoms with Crippen molar-refractivity contribution in [3.8, 4) is 0 Å². The summed E-state index contributed by atoms with van der Waals surface area (Å²) >= 11 is 0. The van der Waals surface area contributed by atoms with Gasteiger partial charge in [-0.05, 0) is 11.1 Å². The molecule has 0 bridgehead atoms. The van der Waals surface area contributed by atoms with E-state index in [4.69, 9.17) is 9.47 Å². The maximum Gasteiger partial charge on any atom is 0.224 e. The number of likely N-dealkylation sites (tertiary alicyclic amines) is 1. The Morgan fingerprint density at radius 2 is 1.88 bits per heavy atom. The van der Waals surface area contributed by atoms with Crippen LogP contribution in [-0.4, -0.2) is 74.8 Å². The zero-order valence-electron chi connectivity index (χ0n) is 15.1. The fourth-order valence-corrected chi connectivity index (χ4v) is 3.39. The summed E-state index contributed by atoms with van der Waals surface area (Å²) in [6, 6.07) is 8.67. The van der Waals surface area contributed by atoms with E-state index in [1.165, 1.54) is 11.1 Å². The number of benzene rings is 1. The Balaban J connectivity index is 1.39. The van der Waals surface area contributed by atoms with Crippen molar-refractivity contribution in [2.45, 2.75) is 25.6 Å². The van der Waals surface area contributed by atoms with Gasteiger partial charge >= 0.3 is 0 Å². The van der Waals surface area contributed by atoms with Crippen LogP contribution in [0.2, 0.25) is 0 Å². The summed E-state index contributed by atoms with van der Waals surface area (Å²) < 4.78 is 10.5. The SMILES string of the molecule is COCc1ccc(CNC2CC(=O)N(CCN3CCOCC3)C2)cc1. The lowest BCUT2D eigenvalue weighted by Gasteiger charge is -2.28. The van der Waals surface area contributed by atoms with E-state index in [1.54, 1.807) is 7.11 Å². The lowest BCUT2D eigenvalue weighted by Crippen LogP contribution is -2.42. The quantitative estimate of drug-likeness (QED) is 0.756. The Kier molecular flexibility index (Phi) is 6.81. The van der Waals surface area contributed by atoms with Crippen molar-refractivity contribution in [1.29, 1.82) is 0 Å². The first-order chi connectivity index (χ1) is 12.2. The van der Waals surface area contributed by atoms with Gasteiger partial charge in [0, 0.05) is 58.8 Å². The number of hydrogen-bond acceptors (Lipinski definition) is 5. The van der Waals surface area contributed by atoms with Gasteiger partial charge in [-0.15, -0.1) is 0 Å². The molecule has 1 amide bonds. The molecule has 2 aliphatic rings.